The second-order valence-electron chi connectivity index (χ2n) is 6.49. The van der Waals surface area contributed by atoms with Gasteiger partial charge in [0.15, 0.2) is 5.78 Å². The standard InChI is InChI=1S/C21H22N4O3S/c1-12-17(20(27)28-4)13(2)22-18(12)19(26)14(3)29-21-23-16(24-25-21)11-10-15-8-6-5-7-9-15/h5-11,14,22H,1-4H3,(H,23,24,25)/b11-10+/t14-/m0/s1. The Balaban J connectivity index is 1.70. The van der Waals surface area contributed by atoms with Gasteiger partial charge in [0.2, 0.25) is 5.16 Å². The van der Waals surface area contributed by atoms with Crippen LogP contribution < -0.4 is 0 Å². The smallest absolute Gasteiger partial charge is 0.339 e. The Labute approximate surface area is 173 Å². The van der Waals surface area contributed by atoms with E-state index in [0.717, 1.165) is 5.56 Å². The summed E-state index contributed by atoms with van der Waals surface area (Å²) in [5.74, 6) is 0.0206. The highest BCUT2D eigenvalue weighted by Crippen LogP contribution is 2.26. The van der Waals surface area contributed by atoms with Gasteiger partial charge in [0, 0.05) is 5.69 Å². The van der Waals surface area contributed by atoms with Crippen LogP contribution in [0.1, 0.15) is 50.4 Å². The molecule has 2 N–H and O–H groups in total. The van der Waals surface area contributed by atoms with Gasteiger partial charge in [0.05, 0.1) is 23.6 Å². The van der Waals surface area contributed by atoms with Crippen LogP contribution in [0.15, 0.2) is 35.5 Å². The van der Waals surface area contributed by atoms with E-state index in [4.69, 9.17) is 4.74 Å². The number of hydrogen-bond acceptors (Lipinski definition) is 6. The van der Waals surface area contributed by atoms with Gasteiger partial charge in [-0.05, 0) is 38.0 Å². The molecule has 150 valence electrons. The average molecular weight is 410 g/mol. The lowest BCUT2D eigenvalue weighted by Gasteiger charge is -2.07. The zero-order valence-electron chi connectivity index (χ0n) is 16.6. The van der Waals surface area contributed by atoms with Crippen LogP contribution in [-0.2, 0) is 4.74 Å². The van der Waals surface area contributed by atoms with Gasteiger partial charge in [0.1, 0.15) is 5.82 Å². The predicted molar refractivity (Wildman–Crippen MR) is 113 cm³/mol. The molecule has 29 heavy (non-hydrogen) atoms. The molecule has 1 atom stereocenters. The number of Topliss-reactive ketones (excluding diaryl/α,β-unsaturated/α-hetero) is 1. The summed E-state index contributed by atoms with van der Waals surface area (Å²) in [4.78, 5) is 32.2. The number of nitrogens with one attached hydrogen (secondary N) is 2. The van der Waals surface area contributed by atoms with Crippen LogP contribution >= 0.6 is 11.8 Å². The normalized spacial score (nSPS) is 12.3. The zero-order valence-corrected chi connectivity index (χ0v) is 17.5. The molecular weight excluding hydrogens is 388 g/mol. The first-order chi connectivity index (χ1) is 13.9. The highest BCUT2D eigenvalue weighted by molar-refractivity contribution is 8.00. The number of aromatic nitrogens is 4. The van der Waals surface area contributed by atoms with Crippen molar-refractivity contribution in [1.82, 2.24) is 20.2 Å². The summed E-state index contributed by atoms with van der Waals surface area (Å²) in [6.45, 7) is 5.27. The molecule has 0 aliphatic heterocycles. The summed E-state index contributed by atoms with van der Waals surface area (Å²) in [5.41, 5.74) is 3.07. The van der Waals surface area contributed by atoms with E-state index in [9.17, 15) is 9.59 Å². The Bertz CT molecular complexity index is 1050. The summed E-state index contributed by atoms with van der Waals surface area (Å²) >= 11 is 1.25. The molecule has 1 aromatic carbocycles. The van der Waals surface area contributed by atoms with Crippen molar-refractivity contribution in [1.29, 1.82) is 0 Å². The second kappa shape index (κ2) is 8.91. The lowest BCUT2D eigenvalue weighted by Crippen LogP contribution is -2.15. The van der Waals surface area contributed by atoms with Crippen LogP contribution in [0.5, 0.6) is 0 Å². The zero-order chi connectivity index (χ0) is 21.0. The van der Waals surface area contributed by atoms with Crippen LogP contribution in [0.25, 0.3) is 12.2 Å². The molecule has 0 spiro atoms. The van der Waals surface area contributed by atoms with E-state index in [2.05, 4.69) is 20.2 Å². The van der Waals surface area contributed by atoms with Crippen LogP contribution in [0, 0.1) is 13.8 Å². The molecule has 0 saturated carbocycles. The van der Waals surface area contributed by atoms with E-state index in [1.54, 1.807) is 20.8 Å². The number of methoxy groups -OCH3 is 1. The first kappa shape index (κ1) is 20.6. The highest BCUT2D eigenvalue weighted by atomic mass is 32.2. The molecule has 3 rings (SSSR count). The Kier molecular flexibility index (Phi) is 6.33. The van der Waals surface area contributed by atoms with Crippen molar-refractivity contribution in [2.75, 3.05) is 7.11 Å². The molecule has 2 aromatic heterocycles. The number of nitrogens with zero attached hydrogens (tertiary/aromatic N) is 2. The van der Waals surface area contributed by atoms with Gasteiger partial charge < -0.3 is 9.72 Å². The van der Waals surface area contributed by atoms with Gasteiger partial charge >= 0.3 is 5.97 Å². The predicted octanol–water partition coefficient (Wildman–Crippen LogP) is 4.07. The summed E-state index contributed by atoms with van der Waals surface area (Å²) in [5, 5.41) is 7.08. The molecule has 0 radical (unpaired) electrons. The van der Waals surface area contributed by atoms with Crippen molar-refractivity contribution in [3.05, 3.63) is 64.2 Å². The number of hydrogen-bond donors (Lipinski definition) is 2. The van der Waals surface area contributed by atoms with Gasteiger partial charge in [-0.15, -0.1) is 5.10 Å². The molecule has 0 fully saturated rings. The van der Waals surface area contributed by atoms with E-state index in [-0.39, 0.29) is 5.78 Å². The van der Waals surface area contributed by atoms with Crippen LogP contribution in [0.4, 0.5) is 0 Å². The summed E-state index contributed by atoms with van der Waals surface area (Å²) in [7, 11) is 1.32. The largest absolute Gasteiger partial charge is 0.465 e. The fourth-order valence-corrected chi connectivity index (χ4v) is 3.73. The summed E-state index contributed by atoms with van der Waals surface area (Å²) < 4.78 is 4.80. The molecule has 0 saturated heterocycles. The summed E-state index contributed by atoms with van der Waals surface area (Å²) in [6.07, 6.45) is 3.77. The third-order valence-electron chi connectivity index (χ3n) is 4.44. The molecule has 0 unspecified atom stereocenters. The monoisotopic (exact) mass is 410 g/mol. The van der Waals surface area contributed by atoms with E-state index in [1.165, 1.54) is 18.9 Å². The molecule has 0 amide bonds. The molecule has 8 heteroatoms. The molecule has 0 bridgehead atoms. The molecule has 0 aliphatic carbocycles. The third-order valence-corrected chi connectivity index (χ3v) is 5.40. The van der Waals surface area contributed by atoms with E-state index >= 15 is 0 Å². The molecule has 7 nitrogen and oxygen atoms in total. The number of aromatic amines is 2. The maximum absolute atomic E-state index is 12.9. The first-order valence-corrected chi connectivity index (χ1v) is 9.92. The summed E-state index contributed by atoms with van der Waals surface area (Å²) in [6, 6.07) is 9.87. The average Bonchev–Trinajstić information content (AvgIpc) is 3.29. The molecule has 3 aromatic rings. The lowest BCUT2D eigenvalue weighted by atomic mass is 10.1. The second-order valence-corrected chi connectivity index (χ2v) is 7.80. The number of ketones is 1. The lowest BCUT2D eigenvalue weighted by molar-refractivity contribution is 0.0599. The quantitative estimate of drug-likeness (QED) is 0.346. The topological polar surface area (TPSA) is 101 Å². The number of thioether (sulfide) groups is 1. The maximum atomic E-state index is 12.9. The third kappa shape index (κ3) is 4.65. The fourth-order valence-electron chi connectivity index (χ4n) is 2.94. The maximum Gasteiger partial charge on any atom is 0.339 e. The number of rotatable bonds is 7. The van der Waals surface area contributed by atoms with Gasteiger partial charge in [0.25, 0.3) is 0 Å². The van der Waals surface area contributed by atoms with Crippen molar-refractivity contribution < 1.29 is 14.3 Å². The Hall–Kier alpha value is -3.13. The minimum atomic E-state index is -0.459. The number of H-pyrrole nitrogens is 2. The SMILES string of the molecule is COC(=O)c1c(C)[nH]c(C(=O)[C@H](C)Sc2n[nH]c(/C=C/c3ccccc3)n2)c1C. The van der Waals surface area contributed by atoms with Crippen molar-refractivity contribution >= 4 is 35.7 Å². The van der Waals surface area contributed by atoms with Crippen molar-refractivity contribution in [3.8, 4) is 0 Å². The van der Waals surface area contributed by atoms with Crippen molar-refractivity contribution in [2.24, 2.45) is 0 Å². The minimum absolute atomic E-state index is 0.128. The number of ether oxygens (including phenoxy) is 1. The molecule has 2 heterocycles. The Morgan fingerprint density at radius 2 is 1.90 bits per heavy atom. The minimum Gasteiger partial charge on any atom is -0.465 e. The highest BCUT2D eigenvalue weighted by Gasteiger charge is 2.26. The van der Waals surface area contributed by atoms with E-state index in [1.807, 2.05) is 42.5 Å². The van der Waals surface area contributed by atoms with Gasteiger partial charge in [-0.25, -0.2) is 9.78 Å². The van der Waals surface area contributed by atoms with Crippen molar-refractivity contribution in [2.45, 2.75) is 31.2 Å². The number of esters is 1. The molecular formula is C21H22N4O3S. The van der Waals surface area contributed by atoms with Crippen LogP contribution in [0.3, 0.4) is 0 Å². The number of carbonyl (C=O) groups is 2. The first-order valence-electron chi connectivity index (χ1n) is 9.04. The number of carbonyl (C=O) groups excluding carboxylic acids is 2. The van der Waals surface area contributed by atoms with Crippen molar-refractivity contribution in [3.63, 3.8) is 0 Å². The Morgan fingerprint density at radius 3 is 2.59 bits per heavy atom. The van der Waals surface area contributed by atoms with Gasteiger partial charge in [-0.2, -0.15) is 0 Å². The fraction of sp³-hybridized carbons (Fsp3) is 0.238. The van der Waals surface area contributed by atoms with E-state index in [0.29, 0.717) is 33.5 Å². The van der Waals surface area contributed by atoms with Crippen LogP contribution in [-0.4, -0.2) is 44.3 Å². The number of aryl methyl sites for hydroxylation is 1. The molecule has 0 aliphatic rings. The Morgan fingerprint density at radius 1 is 1.17 bits per heavy atom. The van der Waals surface area contributed by atoms with Crippen LogP contribution in [0.2, 0.25) is 0 Å². The van der Waals surface area contributed by atoms with Gasteiger partial charge in [-0.3, -0.25) is 9.89 Å². The number of benzene rings is 1. The van der Waals surface area contributed by atoms with Gasteiger partial charge in [-0.1, -0.05) is 48.2 Å². The van der Waals surface area contributed by atoms with E-state index < -0.39 is 11.2 Å².